The molecule has 0 aliphatic carbocycles. The fourth-order valence-corrected chi connectivity index (χ4v) is 3.00. The largest absolute Gasteiger partial charge is 0.469 e. The van der Waals surface area contributed by atoms with Crippen molar-refractivity contribution in [1.82, 2.24) is 0 Å². The molecule has 1 unspecified atom stereocenters. The molecule has 0 aromatic carbocycles. The Morgan fingerprint density at radius 2 is 1.38 bits per heavy atom. The lowest BCUT2D eigenvalue weighted by atomic mass is 9.99. The Bertz CT molecular complexity index is 295. The molecule has 0 aliphatic heterocycles. The van der Waals surface area contributed by atoms with Crippen LogP contribution in [0.4, 0.5) is 0 Å². The molecule has 0 radical (unpaired) electrons. The molecule has 0 fully saturated rings. The van der Waals surface area contributed by atoms with Gasteiger partial charge >= 0.3 is 11.9 Å². The molecule has 124 valence electrons. The number of esters is 2. The van der Waals surface area contributed by atoms with Gasteiger partial charge in [0.15, 0.2) is 0 Å². The molecule has 0 amide bonds. The summed E-state index contributed by atoms with van der Waals surface area (Å²) in [6.07, 6.45) is 8.51. The normalized spacial score (nSPS) is 12.2. The Balaban J connectivity index is 3.58. The Morgan fingerprint density at radius 3 is 1.90 bits per heavy atom. The van der Waals surface area contributed by atoms with E-state index in [9.17, 15) is 9.59 Å². The van der Waals surface area contributed by atoms with Gasteiger partial charge < -0.3 is 9.47 Å². The van der Waals surface area contributed by atoms with Gasteiger partial charge in [0.1, 0.15) is 0 Å². The Labute approximate surface area is 144 Å². The summed E-state index contributed by atoms with van der Waals surface area (Å²) in [5.74, 6) is -0.0233. The Hall–Kier alpha value is -0.100. The van der Waals surface area contributed by atoms with Gasteiger partial charge in [-0.25, -0.2) is 0 Å². The maximum absolute atomic E-state index is 11.3. The van der Waals surface area contributed by atoms with Crippen LogP contribution in [-0.4, -0.2) is 29.9 Å². The fourth-order valence-electron chi connectivity index (χ4n) is 2.10. The van der Waals surface area contributed by atoms with Crippen molar-refractivity contribution < 1.29 is 19.1 Å². The van der Waals surface area contributed by atoms with Gasteiger partial charge in [-0.1, -0.05) is 64.0 Å². The van der Waals surface area contributed by atoms with Gasteiger partial charge in [0.2, 0.25) is 0 Å². The molecule has 0 saturated heterocycles. The molecule has 0 rings (SSSR count). The molecule has 0 aliphatic rings. The topological polar surface area (TPSA) is 52.6 Å². The third-order valence-electron chi connectivity index (χ3n) is 3.45. The molecule has 6 heteroatoms. The van der Waals surface area contributed by atoms with Crippen LogP contribution in [0.15, 0.2) is 0 Å². The lowest BCUT2D eigenvalue weighted by Gasteiger charge is -2.16. The number of hydrogen-bond acceptors (Lipinski definition) is 4. The standard InChI is InChI=1S/C15H26Br2O4/c1-20-13(18)10-8-6-4-3-5-7-9-12(15(16)17)11-14(19)21-2/h12,15H,3-11H2,1-2H3. The van der Waals surface area contributed by atoms with Crippen molar-refractivity contribution >= 4 is 43.8 Å². The summed E-state index contributed by atoms with van der Waals surface area (Å²) >= 11 is 6.97. The number of carbonyl (C=O) groups is 2. The summed E-state index contributed by atoms with van der Waals surface area (Å²) < 4.78 is 9.45. The molecule has 0 aromatic rings. The average Bonchev–Trinajstić information content (AvgIpc) is 2.47. The number of ether oxygens (including phenoxy) is 2. The van der Waals surface area contributed by atoms with Gasteiger partial charge in [-0.3, -0.25) is 9.59 Å². The van der Waals surface area contributed by atoms with Crippen LogP contribution in [0.3, 0.4) is 0 Å². The van der Waals surface area contributed by atoms with Gasteiger partial charge in [-0.15, -0.1) is 0 Å². The van der Waals surface area contributed by atoms with E-state index in [1.807, 2.05) is 0 Å². The smallest absolute Gasteiger partial charge is 0.305 e. The van der Waals surface area contributed by atoms with E-state index in [2.05, 4.69) is 36.6 Å². The first kappa shape index (κ1) is 20.9. The molecule has 0 aromatic heterocycles. The minimum Gasteiger partial charge on any atom is -0.469 e. The van der Waals surface area contributed by atoms with Gasteiger partial charge in [-0.2, -0.15) is 0 Å². The average molecular weight is 430 g/mol. The minimum atomic E-state index is -0.160. The molecule has 0 saturated carbocycles. The van der Waals surface area contributed by atoms with Crippen LogP contribution in [0.5, 0.6) is 0 Å². The summed E-state index contributed by atoms with van der Waals surface area (Å²) in [6.45, 7) is 0. The molecule has 0 N–H and O–H groups in total. The molecule has 0 heterocycles. The SMILES string of the molecule is COC(=O)CCCCCCCCC(CC(=O)OC)C(Br)Br. The Kier molecular flexibility index (Phi) is 13.5. The van der Waals surface area contributed by atoms with E-state index in [4.69, 9.17) is 4.74 Å². The van der Waals surface area contributed by atoms with Crippen LogP contribution in [0.25, 0.3) is 0 Å². The molecule has 21 heavy (non-hydrogen) atoms. The second-order valence-corrected chi connectivity index (χ2v) is 8.31. The zero-order valence-corrected chi connectivity index (χ0v) is 16.1. The molecular formula is C15H26Br2O4. The first-order chi connectivity index (χ1) is 10.0. The van der Waals surface area contributed by atoms with Crippen molar-refractivity contribution in [2.24, 2.45) is 5.92 Å². The monoisotopic (exact) mass is 428 g/mol. The highest BCUT2D eigenvalue weighted by Gasteiger charge is 2.19. The number of hydrogen-bond donors (Lipinski definition) is 0. The van der Waals surface area contributed by atoms with Crippen LogP contribution < -0.4 is 0 Å². The predicted octanol–water partition coefficient (Wildman–Crippen LogP) is 4.58. The molecular weight excluding hydrogens is 404 g/mol. The zero-order valence-electron chi connectivity index (χ0n) is 12.9. The zero-order chi connectivity index (χ0) is 16.1. The second-order valence-electron chi connectivity index (χ2n) is 5.11. The quantitative estimate of drug-likeness (QED) is 0.259. The first-order valence-corrected chi connectivity index (χ1v) is 9.26. The fraction of sp³-hybridized carbons (Fsp3) is 0.867. The summed E-state index contributed by atoms with van der Waals surface area (Å²) in [5.41, 5.74) is 0. The second kappa shape index (κ2) is 13.6. The Morgan fingerprint density at radius 1 is 0.857 bits per heavy atom. The third kappa shape index (κ3) is 12.2. The highest BCUT2D eigenvalue weighted by Crippen LogP contribution is 2.28. The van der Waals surface area contributed by atoms with E-state index >= 15 is 0 Å². The third-order valence-corrected chi connectivity index (χ3v) is 4.94. The number of unbranched alkanes of at least 4 members (excludes halogenated alkanes) is 5. The highest BCUT2D eigenvalue weighted by atomic mass is 79.9. The maximum Gasteiger partial charge on any atom is 0.305 e. The lowest BCUT2D eigenvalue weighted by Crippen LogP contribution is -2.15. The number of methoxy groups -OCH3 is 2. The maximum atomic E-state index is 11.3. The van der Waals surface area contributed by atoms with Crippen LogP contribution in [-0.2, 0) is 19.1 Å². The number of halogens is 2. The van der Waals surface area contributed by atoms with E-state index in [1.165, 1.54) is 20.6 Å². The van der Waals surface area contributed by atoms with E-state index in [0.717, 1.165) is 38.5 Å². The van der Waals surface area contributed by atoms with Gasteiger partial charge in [0, 0.05) is 6.42 Å². The summed E-state index contributed by atoms with van der Waals surface area (Å²) in [7, 11) is 2.85. The van der Waals surface area contributed by atoms with Gasteiger partial charge in [-0.05, 0) is 18.8 Å². The van der Waals surface area contributed by atoms with Crippen molar-refractivity contribution in [1.29, 1.82) is 0 Å². The van der Waals surface area contributed by atoms with Crippen LogP contribution in [0.1, 0.15) is 57.8 Å². The highest BCUT2D eigenvalue weighted by molar-refractivity contribution is 9.24. The van der Waals surface area contributed by atoms with Crippen molar-refractivity contribution in [3.8, 4) is 0 Å². The number of rotatable bonds is 12. The molecule has 0 bridgehead atoms. The van der Waals surface area contributed by atoms with Crippen molar-refractivity contribution in [2.75, 3.05) is 14.2 Å². The number of alkyl halides is 2. The van der Waals surface area contributed by atoms with Crippen molar-refractivity contribution in [3.05, 3.63) is 0 Å². The van der Waals surface area contributed by atoms with E-state index < -0.39 is 0 Å². The summed E-state index contributed by atoms with van der Waals surface area (Å²) in [6, 6.07) is 0. The minimum absolute atomic E-state index is 0.124. The summed E-state index contributed by atoms with van der Waals surface area (Å²) in [5, 5.41) is 0. The van der Waals surface area contributed by atoms with E-state index in [1.54, 1.807) is 0 Å². The van der Waals surface area contributed by atoms with Crippen LogP contribution in [0.2, 0.25) is 0 Å². The van der Waals surface area contributed by atoms with E-state index in [0.29, 0.717) is 12.8 Å². The van der Waals surface area contributed by atoms with Crippen molar-refractivity contribution in [2.45, 2.75) is 61.5 Å². The summed E-state index contributed by atoms with van der Waals surface area (Å²) in [4.78, 5) is 22.2. The van der Waals surface area contributed by atoms with Gasteiger partial charge in [0.25, 0.3) is 0 Å². The van der Waals surface area contributed by atoms with Crippen LogP contribution >= 0.6 is 31.9 Å². The van der Waals surface area contributed by atoms with Crippen LogP contribution in [0, 0.1) is 5.92 Å². The molecule has 4 nitrogen and oxygen atoms in total. The molecule has 0 spiro atoms. The predicted molar refractivity (Wildman–Crippen MR) is 90.7 cm³/mol. The number of carbonyl (C=O) groups excluding carboxylic acids is 2. The van der Waals surface area contributed by atoms with Crippen molar-refractivity contribution in [3.63, 3.8) is 0 Å². The van der Waals surface area contributed by atoms with Gasteiger partial charge in [0.05, 0.1) is 24.4 Å². The lowest BCUT2D eigenvalue weighted by molar-refractivity contribution is -0.142. The molecule has 1 atom stereocenters. The first-order valence-electron chi connectivity index (χ1n) is 7.43. The van der Waals surface area contributed by atoms with E-state index in [-0.39, 0.29) is 21.6 Å².